The fourth-order valence-electron chi connectivity index (χ4n) is 4.26. The molecule has 1 unspecified atom stereocenters. The van der Waals surface area contributed by atoms with Crippen LogP contribution in [0.1, 0.15) is 30.0 Å². The Kier molecular flexibility index (Phi) is 5.73. The van der Waals surface area contributed by atoms with Gasteiger partial charge in [0.05, 0.1) is 0 Å². The van der Waals surface area contributed by atoms with Crippen LogP contribution in [0.5, 0.6) is 0 Å². The Hall–Kier alpha value is -2.35. The van der Waals surface area contributed by atoms with Gasteiger partial charge in [-0.25, -0.2) is 9.37 Å². The van der Waals surface area contributed by atoms with Crippen LogP contribution in [0, 0.1) is 5.82 Å². The molecule has 3 heterocycles. The fourth-order valence-corrected chi connectivity index (χ4v) is 5.69. The van der Waals surface area contributed by atoms with Gasteiger partial charge in [-0.2, -0.15) is 4.98 Å². The average molecular weight is 457 g/mol. The van der Waals surface area contributed by atoms with Gasteiger partial charge in [-0.1, -0.05) is 29.8 Å². The average Bonchev–Trinajstić information content (AvgIpc) is 3.15. The number of piperidine rings is 1. The lowest BCUT2D eigenvalue weighted by atomic mass is 9.89. The molecule has 1 saturated heterocycles. The zero-order chi connectivity index (χ0) is 21.4. The summed E-state index contributed by atoms with van der Waals surface area (Å²) in [7, 11) is 0. The smallest absolute Gasteiger partial charge is 0.227 e. The van der Waals surface area contributed by atoms with Gasteiger partial charge in [0, 0.05) is 30.2 Å². The van der Waals surface area contributed by atoms with Crippen molar-refractivity contribution in [3.05, 3.63) is 70.6 Å². The molecule has 2 aromatic carbocycles. The number of hydrogen-bond acceptors (Lipinski definition) is 5. The van der Waals surface area contributed by atoms with Crippen molar-refractivity contribution >= 4 is 40.2 Å². The summed E-state index contributed by atoms with van der Waals surface area (Å²) in [6.45, 7) is 1.68. The molecule has 8 heteroatoms. The van der Waals surface area contributed by atoms with Gasteiger partial charge in [-0.15, -0.1) is 0 Å². The zero-order valence-electron chi connectivity index (χ0n) is 16.9. The van der Waals surface area contributed by atoms with Crippen LogP contribution in [-0.2, 0) is 17.6 Å². The molecule has 5 rings (SSSR count). The number of hydrogen-bond donors (Lipinski definition) is 1. The molecule has 1 fully saturated rings. The van der Waals surface area contributed by atoms with E-state index < -0.39 is 11.2 Å². The summed E-state index contributed by atoms with van der Waals surface area (Å²) in [5.41, 5.74) is 2.71. The summed E-state index contributed by atoms with van der Waals surface area (Å²) in [4.78, 5) is 12.3. The first-order chi connectivity index (χ1) is 15.1. The van der Waals surface area contributed by atoms with Gasteiger partial charge in [0.25, 0.3) is 0 Å². The number of nitrogens with one attached hydrogen (secondary N) is 1. The van der Waals surface area contributed by atoms with Gasteiger partial charge in [-0.3, -0.25) is 0 Å². The van der Waals surface area contributed by atoms with Crippen molar-refractivity contribution in [2.24, 2.45) is 0 Å². The zero-order valence-corrected chi connectivity index (χ0v) is 18.4. The summed E-state index contributed by atoms with van der Waals surface area (Å²) >= 11 is 4.87. The van der Waals surface area contributed by atoms with Gasteiger partial charge in [-0.05, 0) is 65.8 Å². The predicted molar refractivity (Wildman–Crippen MR) is 122 cm³/mol. The molecule has 1 aromatic heterocycles. The first kappa shape index (κ1) is 20.5. The van der Waals surface area contributed by atoms with Crippen molar-refractivity contribution in [2.75, 3.05) is 29.1 Å². The summed E-state index contributed by atoms with van der Waals surface area (Å²) in [5, 5.41) is 3.92. The molecular weight excluding hydrogens is 435 g/mol. The minimum absolute atomic E-state index is 0.332. The Morgan fingerprint density at radius 3 is 2.61 bits per heavy atom. The number of anilines is 3. The van der Waals surface area contributed by atoms with Crippen LogP contribution in [-0.4, -0.2) is 33.4 Å². The maximum absolute atomic E-state index is 13.6. The lowest BCUT2D eigenvalue weighted by molar-refractivity contribution is 0.499. The summed E-state index contributed by atoms with van der Waals surface area (Å²) < 4.78 is 26.2. The van der Waals surface area contributed by atoms with Gasteiger partial charge in [0.15, 0.2) is 5.82 Å². The van der Waals surface area contributed by atoms with Crippen LogP contribution in [0.25, 0.3) is 0 Å². The highest BCUT2D eigenvalue weighted by molar-refractivity contribution is 7.91. The van der Waals surface area contributed by atoms with Crippen LogP contribution >= 0.6 is 11.6 Å². The van der Waals surface area contributed by atoms with Gasteiger partial charge in [0.2, 0.25) is 10.8 Å². The SMILES string of the molecule is [O-][S+]1CCc2nc(N3CCC(c4ccc(Cl)cc4)CC3)nc(Nc3cccc(F)c3)c21. The van der Waals surface area contributed by atoms with E-state index in [1.54, 1.807) is 12.1 Å². The molecule has 0 bridgehead atoms. The van der Waals surface area contributed by atoms with Crippen LogP contribution in [0.4, 0.5) is 21.8 Å². The topological polar surface area (TPSA) is 64.1 Å². The lowest BCUT2D eigenvalue weighted by Gasteiger charge is -2.32. The molecule has 0 radical (unpaired) electrons. The molecule has 0 saturated carbocycles. The van der Waals surface area contributed by atoms with Crippen molar-refractivity contribution in [2.45, 2.75) is 30.1 Å². The second-order valence-corrected chi connectivity index (χ2v) is 9.84. The number of halogens is 2. The highest BCUT2D eigenvalue weighted by Crippen LogP contribution is 2.36. The number of aryl methyl sites for hydroxylation is 1. The lowest BCUT2D eigenvalue weighted by Crippen LogP contribution is -2.34. The van der Waals surface area contributed by atoms with E-state index in [1.165, 1.54) is 17.7 Å². The maximum Gasteiger partial charge on any atom is 0.227 e. The quantitative estimate of drug-likeness (QED) is 0.556. The molecule has 2 aliphatic rings. The van der Waals surface area contributed by atoms with E-state index in [2.05, 4.69) is 22.3 Å². The number of fused-ring (bicyclic) bond motifs is 1. The number of nitrogens with zero attached hydrogens (tertiary/aromatic N) is 3. The Bertz CT molecular complexity index is 1090. The fraction of sp³-hybridized carbons (Fsp3) is 0.304. The van der Waals surface area contributed by atoms with E-state index in [0.29, 0.717) is 40.4 Å². The van der Waals surface area contributed by atoms with Crippen molar-refractivity contribution in [3.8, 4) is 0 Å². The second kappa shape index (κ2) is 8.65. The van der Waals surface area contributed by atoms with E-state index in [4.69, 9.17) is 21.6 Å². The highest BCUT2D eigenvalue weighted by atomic mass is 35.5. The molecule has 1 atom stereocenters. The van der Waals surface area contributed by atoms with Crippen molar-refractivity contribution < 1.29 is 8.94 Å². The van der Waals surface area contributed by atoms with Crippen LogP contribution in [0.15, 0.2) is 53.4 Å². The molecule has 3 aromatic rings. The van der Waals surface area contributed by atoms with Crippen LogP contribution in [0.3, 0.4) is 0 Å². The normalized spacial score (nSPS) is 18.8. The van der Waals surface area contributed by atoms with Crippen LogP contribution in [0.2, 0.25) is 5.02 Å². The maximum atomic E-state index is 13.6. The van der Waals surface area contributed by atoms with Gasteiger partial charge >= 0.3 is 0 Å². The molecule has 2 aliphatic heterocycles. The number of rotatable bonds is 4. The first-order valence-corrected chi connectivity index (χ1v) is 12.1. The highest BCUT2D eigenvalue weighted by Gasteiger charge is 2.33. The molecular formula is C23H22ClFN4OS. The Morgan fingerprint density at radius 1 is 1.10 bits per heavy atom. The van der Waals surface area contributed by atoms with Crippen molar-refractivity contribution in [1.29, 1.82) is 0 Å². The number of aromatic nitrogens is 2. The minimum Gasteiger partial charge on any atom is -0.611 e. The minimum atomic E-state index is -1.14. The summed E-state index contributed by atoms with van der Waals surface area (Å²) in [6.07, 6.45) is 2.66. The molecule has 5 nitrogen and oxygen atoms in total. The standard InChI is InChI=1S/C23H22ClFN4OS/c24-17-6-4-15(5-7-17)16-8-11-29(12-9-16)23-27-20-10-13-31(30)21(20)22(28-23)26-19-3-1-2-18(25)14-19/h1-7,14,16H,8-13H2,(H,26,27,28). The second-order valence-electron chi connectivity index (χ2n) is 7.90. The molecule has 31 heavy (non-hydrogen) atoms. The predicted octanol–water partition coefficient (Wildman–Crippen LogP) is 5.06. The van der Waals surface area contributed by atoms with E-state index in [-0.39, 0.29) is 5.82 Å². The number of benzene rings is 2. The van der Waals surface area contributed by atoms with E-state index in [9.17, 15) is 8.94 Å². The molecule has 0 amide bonds. The molecule has 0 aliphatic carbocycles. The van der Waals surface area contributed by atoms with Gasteiger partial charge in [0.1, 0.15) is 17.3 Å². The first-order valence-electron chi connectivity index (χ1n) is 10.4. The molecule has 1 N–H and O–H groups in total. The Morgan fingerprint density at radius 2 is 1.87 bits per heavy atom. The van der Waals surface area contributed by atoms with Crippen LogP contribution < -0.4 is 10.2 Å². The summed E-state index contributed by atoms with van der Waals surface area (Å²) in [6, 6.07) is 14.3. The van der Waals surface area contributed by atoms with Crippen molar-refractivity contribution in [1.82, 2.24) is 9.97 Å². The largest absolute Gasteiger partial charge is 0.611 e. The Balaban J connectivity index is 1.38. The third-order valence-corrected chi connectivity index (χ3v) is 7.59. The Labute approximate surface area is 188 Å². The third-order valence-electron chi connectivity index (χ3n) is 5.88. The third kappa shape index (κ3) is 4.35. The van der Waals surface area contributed by atoms with E-state index in [1.807, 2.05) is 12.1 Å². The molecule has 160 valence electrons. The van der Waals surface area contributed by atoms with E-state index >= 15 is 0 Å². The van der Waals surface area contributed by atoms with Gasteiger partial charge < -0.3 is 14.8 Å². The summed E-state index contributed by atoms with van der Waals surface area (Å²) in [5.74, 6) is 1.86. The van der Waals surface area contributed by atoms with E-state index in [0.717, 1.165) is 36.6 Å². The van der Waals surface area contributed by atoms with Crippen molar-refractivity contribution in [3.63, 3.8) is 0 Å². The molecule has 0 spiro atoms. The monoisotopic (exact) mass is 456 g/mol.